The van der Waals surface area contributed by atoms with E-state index in [-0.39, 0.29) is 29.4 Å². The SMILES string of the molecule is I.NC(=NCC1(c2ccc(Br)cc2)CCCC1)Nc1ccccn1. The van der Waals surface area contributed by atoms with Crippen molar-refractivity contribution in [1.29, 1.82) is 0 Å². The molecule has 2 aromatic rings. The standard InChI is InChI=1S/C18H21BrN4.HI/c19-15-8-6-14(7-9-15)18(10-2-3-11-18)13-22-17(20)23-16-5-1-4-12-21-16;/h1,4-9,12H,2-3,10-11,13H2,(H3,20,21,22,23);1H. The van der Waals surface area contributed by atoms with Crippen molar-refractivity contribution in [3.8, 4) is 0 Å². The average Bonchev–Trinajstić information content (AvgIpc) is 3.05. The Labute approximate surface area is 168 Å². The Morgan fingerprint density at radius 3 is 2.50 bits per heavy atom. The molecule has 0 saturated heterocycles. The largest absolute Gasteiger partial charge is 0.370 e. The summed E-state index contributed by atoms with van der Waals surface area (Å²) in [5.74, 6) is 1.14. The van der Waals surface area contributed by atoms with Crippen molar-refractivity contribution in [1.82, 2.24) is 4.98 Å². The molecular formula is C18H22BrIN4. The van der Waals surface area contributed by atoms with Crippen molar-refractivity contribution >= 4 is 51.7 Å². The smallest absolute Gasteiger partial charge is 0.194 e. The van der Waals surface area contributed by atoms with E-state index < -0.39 is 0 Å². The lowest BCUT2D eigenvalue weighted by Crippen LogP contribution is -2.30. The molecule has 4 nitrogen and oxygen atoms in total. The predicted molar refractivity (Wildman–Crippen MR) is 114 cm³/mol. The highest BCUT2D eigenvalue weighted by atomic mass is 127. The summed E-state index contributed by atoms with van der Waals surface area (Å²) in [5, 5.41) is 3.05. The molecular weight excluding hydrogens is 479 g/mol. The molecule has 0 bridgehead atoms. The van der Waals surface area contributed by atoms with Crippen molar-refractivity contribution in [3.05, 3.63) is 58.7 Å². The summed E-state index contributed by atoms with van der Waals surface area (Å²) in [6, 6.07) is 14.3. The zero-order chi connectivity index (χ0) is 16.1. The van der Waals surface area contributed by atoms with Gasteiger partial charge in [-0.3, -0.25) is 4.99 Å². The number of nitrogens with two attached hydrogens (primary N) is 1. The van der Waals surface area contributed by atoms with Crippen LogP contribution in [0, 0.1) is 0 Å². The molecule has 1 aromatic carbocycles. The number of benzene rings is 1. The number of nitrogens with one attached hydrogen (secondary N) is 1. The van der Waals surface area contributed by atoms with Crippen LogP contribution in [0.25, 0.3) is 0 Å². The first kappa shape index (κ1) is 19.2. The predicted octanol–water partition coefficient (Wildman–Crippen LogP) is 4.70. The minimum atomic E-state index is 0. The molecule has 1 saturated carbocycles. The highest BCUT2D eigenvalue weighted by molar-refractivity contribution is 14.0. The molecule has 0 unspecified atom stereocenters. The fraction of sp³-hybridized carbons (Fsp3) is 0.333. The number of guanidine groups is 1. The van der Waals surface area contributed by atoms with E-state index in [1.165, 1.54) is 18.4 Å². The van der Waals surface area contributed by atoms with Crippen LogP contribution >= 0.6 is 39.9 Å². The summed E-state index contributed by atoms with van der Waals surface area (Å²) in [4.78, 5) is 8.81. The first-order chi connectivity index (χ1) is 11.2. The summed E-state index contributed by atoms with van der Waals surface area (Å²) >= 11 is 3.51. The van der Waals surface area contributed by atoms with E-state index in [1.807, 2.05) is 18.2 Å². The van der Waals surface area contributed by atoms with E-state index >= 15 is 0 Å². The molecule has 3 rings (SSSR count). The van der Waals surface area contributed by atoms with Crippen molar-refractivity contribution in [2.75, 3.05) is 11.9 Å². The van der Waals surface area contributed by atoms with E-state index in [9.17, 15) is 0 Å². The van der Waals surface area contributed by atoms with Gasteiger partial charge < -0.3 is 11.1 Å². The maximum Gasteiger partial charge on any atom is 0.194 e. The van der Waals surface area contributed by atoms with Gasteiger partial charge in [-0.15, -0.1) is 24.0 Å². The molecule has 1 aliphatic carbocycles. The van der Waals surface area contributed by atoms with Crippen molar-refractivity contribution in [2.24, 2.45) is 10.7 Å². The Kier molecular flexibility index (Phi) is 7.03. The molecule has 0 spiro atoms. The second-order valence-electron chi connectivity index (χ2n) is 6.04. The first-order valence-electron chi connectivity index (χ1n) is 7.92. The Balaban J connectivity index is 0.00000208. The number of aromatic nitrogens is 1. The summed E-state index contributed by atoms with van der Waals surface area (Å²) < 4.78 is 1.11. The topological polar surface area (TPSA) is 63.3 Å². The van der Waals surface area contributed by atoms with Crippen molar-refractivity contribution < 1.29 is 0 Å². The number of rotatable bonds is 4. The van der Waals surface area contributed by atoms with Gasteiger partial charge in [0.25, 0.3) is 0 Å². The number of hydrogen-bond donors (Lipinski definition) is 2. The van der Waals surface area contributed by atoms with Crippen LogP contribution in [0.3, 0.4) is 0 Å². The van der Waals surface area contributed by atoms with Crippen LogP contribution < -0.4 is 11.1 Å². The van der Waals surface area contributed by atoms with Gasteiger partial charge in [0.15, 0.2) is 5.96 Å². The highest BCUT2D eigenvalue weighted by Gasteiger charge is 2.35. The molecule has 0 amide bonds. The van der Waals surface area contributed by atoms with E-state index in [4.69, 9.17) is 5.73 Å². The van der Waals surface area contributed by atoms with Crippen LogP contribution in [0.1, 0.15) is 31.2 Å². The van der Waals surface area contributed by atoms with E-state index in [1.54, 1.807) is 6.20 Å². The molecule has 1 heterocycles. The molecule has 0 atom stereocenters. The molecule has 24 heavy (non-hydrogen) atoms. The van der Waals surface area contributed by atoms with Gasteiger partial charge in [0.05, 0.1) is 6.54 Å². The van der Waals surface area contributed by atoms with E-state index in [0.717, 1.165) is 23.1 Å². The van der Waals surface area contributed by atoms with Gasteiger partial charge in [-0.25, -0.2) is 4.98 Å². The van der Waals surface area contributed by atoms with Gasteiger partial charge in [0.1, 0.15) is 5.82 Å². The molecule has 0 aliphatic heterocycles. The van der Waals surface area contributed by atoms with E-state index in [2.05, 4.69) is 55.5 Å². The molecule has 1 aromatic heterocycles. The average molecular weight is 501 g/mol. The number of pyridine rings is 1. The van der Waals surface area contributed by atoms with Gasteiger partial charge >= 0.3 is 0 Å². The Morgan fingerprint density at radius 2 is 1.88 bits per heavy atom. The number of anilines is 1. The molecule has 3 N–H and O–H groups in total. The van der Waals surface area contributed by atoms with E-state index in [0.29, 0.717) is 12.5 Å². The second-order valence-corrected chi connectivity index (χ2v) is 6.95. The lowest BCUT2D eigenvalue weighted by Gasteiger charge is -2.28. The highest BCUT2D eigenvalue weighted by Crippen LogP contribution is 2.41. The van der Waals surface area contributed by atoms with Crippen LogP contribution in [-0.2, 0) is 5.41 Å². The Hall–Kier alpha value is -1.15. The summed E-state index contributed by atoms with van der Waals surface area (Å²) in [5.41, 5.74) is 7.50. The van der Waals surface area contributed by atoms with Crippen LogP contribution in [0.4, 0.5) is 5.82 Å². The van der Waals surface area contributed by atoms with Crippen LogP contribution in [0.5, 0.6) is 0 Å². The molecule has 6 heteroatoms. The molecule has 1 aliphatic rings. The normalized spacial score (nSPS) is 16.5. The lowest BCUT2D eigenvalue weighted by atomic mass is 9.79. The number of hydrogen-bond acceptors (Lipinski definition) is 2. The zero-order valence-corrected chi connectivity index (χ0v) is 17.3. The fourth-order valence-electron chi connectivity index (χ4n) is 3.24. The zero-order valence-electron chi connectivity index (χ0n) is 13.4. The first-order valence-corrected chi connectivity index (χ1v) is 8.71. The maximum atomic E-state index is 6.04. The summed E-state index contributed by atoms with van der Waals surface area (Å²) in [7, 11) is 0. The Morgan fingerprint density at radius 1 is 1.17 bits per heavy atom. The van der Waals surface area contributed by atoms with Gasteiger partial charge in [-0.05, 0) is 42.7 Å². The summed E-state index contributed by atoms with van der Waals surface area (Å²) in [6.45, 7) is 0.709. The second kappa shape index (κ2) is 8.80. The quantitative estimate of drug-likeness (QED) is 0.363. The number of halogens is 2. The number of nitrogens with zero attached hydrogens (tertiary/aromatic N) is 2. The van der Waals surface area contributed by atoms with Crippen molar-refractivity contribution in [2.45, 2.75) is 31.1 Å². The minimum absolute atomic E-state index is 0. The molecule has 1 fully saturated rings. The third-order valence-corrected chi connectivity index (χ3v) is 5.02. The minimum Gasteiger partial charge on any atom is -0.370 e. The van der Waals surface area contributed by atoms with Crippen LogP contribution in [0.2, 0.25) is 0 Å². The maximum absolute atomic E-state index is 6.04. The van der Waals surface area contributed by atoms with Gasteiger partial charge in [0.2, 0.25) is 0 Å². The number of aliphatic imine (C=N–C) groups is 1. The van der Waals surface area contributed by atoms with Crippen molar-refractivity contribution in [3.63, 3.8) is 0 Å². The van der Waals surface area contributed by atoms with Crippen LogP contribution in [-0.4, -0.2) is 17.5 Å². The lowest BCUT2D eigenvalue weighted by molar-refractivity contribution is 0.454. The molecule has 128 valence electrons. The van der Waals surface area contributed by atoms with Gasteiger partial charge in [-0.2, -0.15) is 0 Å². The molecule has 0 radical (unpaired) electrons. The monoisotopic (exact) mass is 500 g/mol. The third kappa shape index (κ3) is 4.69. The Bertz CT molecular complexity index is 667. The van der Waals surface area contributed by atoms with Gasteiger partial charge in [0, 0.05) is 16.1 Å². The summed E-state index contributed by atoms with van der Waals surface area (Å²) in [6.07, 6.45) is 6.55. The van der Waals surface area contributed by atoms with Crippen LogP contribution in [0.15, 0.2) is 58.1 Å². The van der Waals surface area contributed by atoms with Gasteiger partial charge in [-0.1, -0.05) is 47.0 Å². The fourth-order valence-corrected chi connectivity index (χ4v) is 3.50. The third-order valence-electron chi connectivity index (χ3n) is 4.49.